The fourth-order valence-corrected chi connectivity index (χ4v) is 2.58. The first-order valence-electron chi connectivity index (χ1n) is 5.98. The maximum absolute atomic E-state index is 12.3. The Morgan fingerprint density at radius 1 is 1.56 bits per heavy atom. The smallest absolute Gasteiger partial charge is 0.325 e. The van der Waals surface area contributed by atoms with E-state index in [1.54, 1.807) is 23.2 Å². The zero-order chi connectivity index (χ0) is 12.8. The highest BCUT2D eigenvalue weighted by molar-refractivity contribution is 5.98. The van der Waals surface area contributed by atoms with Gasteiger partial charge in [-0.3, -0.25) is 14.6 Å². The lowest BCUT2D eigenvalue weighted by Gasteiger charge is -2.32. The van der Waals surface area contributed by atoms with Gasteiger partial charge in [-0.1, -0.05) is 0 Å². The van der Waals surface area contributed by atoms with Gasteiger partial charge in [0.2, 0.25) is 0 Å². The van der Waals surface area contributed by atoms with Crippen LogP contribution in [0.5, 0.6) is 0 Å². The molecule has 0 radical (unpaired) electrons. The van der Waals surface area contributed by atoms with Crippen LogP contribution in [-0.2, 0) is 14.9 Å². The molecule has 5 heteroatoms. The maximum Gasteiger partial charge on any atom is 0.325 e. The van der Waals surface area contributed by atoms with Gasteiger partial charge in [-0.2, -0.15) is 0 Å². The number of carbonyl (C=O) groups excluding carboxylic acids is 2. The summed E-state index contributed by atoms with van der Waals surface area (Å²) in [4.78, 5) is 29.5. The first-order valence-corrected chi connectivity index (χ1v) is 5.98. The van der Waals surface area contributed by atoms with Crippen LogP contribution in [0.15, 0.2) is 18.3 Å². The monoisotopic (exact) mass is 246 g/mol. The highest BCUT2D eigenvalue weighted by Crippen LogP contribution is 2.51. The first kappa shape index (κ1) is 11.2. The van der Waals surface area contributed by atoms with Gasteiger partial charge < -0.3 is 9.64 Å². The molecule has 2 heterocycles. The van der Waals surface area contributed by atoms with Crippen LogP contribution in [0.2, 0.25) is 0 Å². The summed E-state index contributed by atoms with van der Waals surface area (Å²) in [5.41, 5.74) is 1.51. The van der Waals surface area contributed by atoms with Gasteiger partial charge in [-0.25, -0.2) is 0 Å². The third-order valence-corrected chi connectivity index (χ3v) is 3.72. The van der Waals surface area contributed by atoms with E-state index in [0.29, 0.717) is 12.1 Å². The number of aromatic nitrogens is 1. The number of carbonyl (C=O) groups is 2. The second-order valence-corrected chi connectivity index (χ2v) is 4.92. The van der Waals surface area contributed by atoms with Crippen molar-refractivity contribution >= 4 is 11.9 Å². The summed E-state index contributed by atoms with van der Waals surface area (Å²) < 4.78 is 4.63. The second-order valence-electron chi connectivity index (χ2n) is 4.92. The molecule has 1 fully saturated rings. The lowest BCUT2D eigenvalue weighted by molar-refractivity contribution is -0.141. The molecule has 0 unspecified atom stereocenters. The van der Waals surface area contributed by atoms with E-state index in [9.17, 15) is 9.59 Å². The molecule has 1 spiro atoms. The number of rotatable bonds is 2. The number of ether oxygens (including phenoxy) is 1. The molecule has 1 aromatic rings. The summed E-state index contributed by atoms with van der Waals surface area (Å²) in [6.45, 7) is 0.594. The summed E-state index contributed by atoms with van der Waals surface area (Å²) in [5, 5.41) is 0. The molecule has 3 rings (SSSR count). The topological polar surface area (TPSA) is 59.5 Å². The van der Waals surface area contributed by atoms with Crippen LogP contribution in [0.1, 0.15) is 28.9 Å². The fourth-order valence-electron chi connectivity index (χ4n) is 2.58. The van der Waals surface area contributed by atoms with Crippen LogP contribution in [0.4, 0.5) is 0 Å². The van der Waals surface area contributed by atoms with Crippen molar-refractivity contribution in [1.29, 1.82) is 0 Å². The number of amides is 1. The molecular weight excluding hydrogens is 232 g/mol. The Morgan fingerprint density at radius 2 is 2.33 bits per heavy atom. The largest absolute Gasteiger partial charge is 0.468 e. The lowest BCUT2D eigenvalue weighted by atomic mass is 9.91. The van der Waals surface area contributed by atoms with Gasteiger partial charge >= 0.3 is 5.97 Å². The molecule has 1 saturated carbocycles. The molecule has 1 amide bonds. The maximum atomic E-state index is 12.3. The van der Waals surface area contributed by atoms with E-state index in [1.165, 1.54) is 7.11 Å². The molecule has 94 valence electrons. The Bertz CT molecular complexity index is 523. The van der Waals surface area contributed by atoms with Gasteiger partial charge in [-0.05, 0) is 25.0 Å². The van der Waals surface area contributed by atoms with E-state index in [1.807, 2.05) is 0 Å². The Balaban J connectivity index is 1.95. The van der Waals surface area contributed by atoms with Crippen molar-refractivity contribution in [2.75, 3.05) is 20.2 Å². The predicted molar refractivity (Wildman–Crippen MR) is 63.1 cm³/mol. The number of methoxy groups -OCH3 is 1. The van der Waals surface area contributed by atoms with Crippen molar-refractivity contribution in [2.45, 2.75) is 18.3 Å². The van der Waals surface area contributed by atoms with E-state index >= 15 is 0 Å². The zero-order valence-corrected chi connectivity index (χ0v) is 10.2. The van der Waals surface area contributed by atoms with E-state index in [-0.39, 0.29) is 23.8 Å². The van der Waals surface area contributed by atoms with Crippen molar-refractivity contribution < 1.29 is 14.3 Å². The van der Waals surface area contributed by atoms with Crippen LogP contribution >= 0.6 is 0 Å². The number of hydrogen-bond acceptors (Lipinski definition) is 4. The highest BCUT2D eigenvalue weighted by atomic mass is 16.5. The summed E-state index contributed by atoms with van der Waals surface area (Å²) in [6.07, 6.45) is 3.78. The number of hydrogen-bond donors (Lipinski definition) is 0. The van der Waals surface area contributed by atoms with Crippen LogP contribution in [0.25, 0.3) is 0 Å². The van der Waals surface area contributed by atoms with Crippen LogP contribution in [0.3, 0.4) is 0 Å². The Kier molecular flexibility index (Phi) is 2.36. The summed E-state index contributed by atoms with van der Waals surface area (Å²) in [5.74, 6) is -0.507. The number of esters is 1. The lowest BCUT2D eigenvalue weighted by Crippen LogP contribution is -2.46. The standard InChI is InChI=1S/C13H14N2O3/c1-18-10(16)7-15-8-13(4-5-13)11-9(12(15)17)3-2-6-14-11/h2-3,6H,4-5,7-8H2,1H3. The van der Waals surface area contributed by atoms with Gasteiger partial charge in [0, 0.05) is 18.2 Å². The normalized spacial score (nSPS) is 19.6. The summed E-state index contributed by atoms with van der Waals surface area (Å²) in [6, 6.07) is 3.54. The molecule has 0 bridgehead atoms. The SMILES string of the molecule is COC(=O)CN1CC2(CC2)c2ncccc2C1=O. The van der Waals surface area contributed by atoms with Crippen molar-refractivity contribution in [3.05, 3.63) is 29.6 Å². The minimum atomic E-state index is -0.383. The van der Waals surface area contributed by atoms with Gasteiger partial charge in [0.1, 0.15) is 6.54 Å². The third-order valence-electron chi connectivity index (χ3n) is 3.72. The Labute approximate surface area is 105 Å². The fraction of sp³-hybridized carbons (Fsp3) is 0.462. The van der Waals surface area contributed by atoms with Gasteiger partial charge in [0.25, 0.3) is 5.91 Å². The molecular formula is C13H14N2O3. The molecule has 0 saturated heterocycles. The first-order chi connectivity index (χ1) is 8.66. The molecule has 0 aromatic carbocycles. The van der Waals surface area contributed by atoms with Crippen LogP contribution in [0, 0.1) is 0 Å². The molecule has 2 aliphatic rings. The molecule has 0 atom stereocenters. The molecule has 18 heavy (non-hydrogen) atoms. The van der Waals surface area contributed by atoms with E-state index < -0.39 is 0 Å². The van der Waals surface area contributed by atoms with Crippen molar-refractivity contribution in [3.63, 3.8) is 0 Å². The Hall–Kier alpha value is -1.91. The average Bonchev–Trinajstić information content (AvgIpc) is 3.16. The minimum absolute atomic E-state index is 0.0154. The number of nitrogens with zero attached hydrogens (tertiary/aromatic N) is 2. The summed E-state index contributed by atoms with van der Waals surface area (Å²) >= 11 is 0. The molecule has 1 aliphatic heterocycles. The molecule has 5 nitrogen and oxygen atoms in total. The molecule has 1 aliphatic carbocycles. The average molecular weight is 246 g/mol. The van der Waals surface area contributed by atoms with Crippen LogP contribution in [-0.4, -0.2) is 42.0 Å². The predicted octanol–water partition coefficient (Wildman–Crippen LogP) is 0.742. The van der Waals surface area contributed by atoms with Crippen molar-refractivity contribution in [2.24, 2.45) is 0 Å². The van der Waals surface area contributed by atoms with Gasteiger partial charge in [0.15, 0.2) is 0 Å². The van der Waals surface area contributed by atoms with E-state index in [4.69, 9.17) is 0 Å². The highest BCUT2D eigenvalue weighted by Gasteiger charge is 2.52. The Morgan fingerprint density at radius 3 is 3.00 bits per heavy atom. The second kappa shape index (κ2) is 3.80. The van der Waals surface area contributed by atoms with Crippen molar-refractivity contribution in [1.82, 2.24) is 9.88 Å². The van der Waals surface area contributed by atoms with Gasteiger partial charge in [-0.15, -0.1) is 0 Å². The van der Waals surface area contributed by atoms with Crippen LogP contribution < -0.4 is 0 Å². The van der Waals surface area contributed by atoms with Gasteiger partial charge in [0.05, 0.1) is 18.4 Å². The quantitative estimate of drug-likeness (QED) is 0.722. The molecule has 0 N–H and O–H groups in total. The third kappa shape index (κ3) is 1.58. The van der Waals surface area contributed by atoms with Crippen molar-refractivity contribution in [3.8, 4) is 0 Å². The van der Waals surface area contributed by atoms with E-state index in [2.05, 4.69) is 9.72 Å². The zero-order valence-electron chi connectivity index (χ0n) is 10.2. The van der Waals surface area contributed by atoms with E-state index in [0.717, 1.165) is 18.5 Å². The number of pyridine rings is 1. The molecule has 1 aromatic heterocycles. The minimum Gasteiger partial charge on any atom is -0.468 e. The number of fused-ring (bicyclic) bond motifs is 2. The summed E-state index contributed by atoms with van der Waals surface area (Å²) in [7, 11) is 1.33.